The Bertz CT molecular complexity index is 383. The minimum atomic E-state index is -0.220. The standard InChI is InChI=1S/C13H24N4/c1-8(2)11-7-9(3)15-12(16-11)17-13(5,6)10(4)14/h7-8,10H,14H2,1-6H3,(H,15,16,17). The predicted octanol–water partition coefficient (Wildman–Crippen LogP) is 2.45. The summed E-state index contributed by atoms with van der Waals surface area (Å²) in [5, 5.41) is 3.31. The molecular weight excluding hydrogens is 212 g/mol. The topological polar surface area (TPSA) is 63.8 Å². The van der Waals surface area contributed by atoms with Gasteiger partial charge in [-0.05, 0) is 39.7 Å². The fourth-order valence-corrected chi connectivity index (χ4v) is 1.35. The summed E-state index contributed by atoms with van der Waals surface area (Å²) in [4.78, 5) is 8.93. The zero-order valence-electron chi connectivity index (χ0n) is 11.7. The van der Waals surface area contributed by atoms with Gasteiger partial charge in [0.2, 0.25) is 5.95 Å². The summed E-state index contributed by atoms with van der Waals surface area (Å²) in [6.45, 7) is 12.3. The first-order valence-electron chi connectivity index (χ1n) is 6.11. The molecule has 0 bridgehead atoms. The Hall–Kier alpha value is -1.16. The van der Waals surface area contributed by atoms with Crippen LogP contribution in [0, 0.1) is 6.92 Å². The van der Waals surface area contributed by atoms with Crippen molar-refractivity contribution in [1.82, 2.24) is 9.97 Å². The summed E-state index contributed by atoms with van der Waals surface area (Å²) < 4.78 is 0. The molecular formula is C13H24N4. The van der Waals surface area contributed by atoms with Gasteiger partial charge in [-0.1, -0.05) is 13.8 Å². The van der Waals surface area contributed by atoms with Gasteiger partial charge in [0, 0.05) is 23.0 Å². The Labute approximate surface area is 104 Å². The Kier molecular flexibility index (Phi) is 4.09. The first kappa shape index (κ1) is 13.9. The molecule has 4 heteroatoms. The maximum atomic E-state index is 5.94. The molecule has 0 aliphatic carbocycles. The van der Waals surface area contributed by atoms with Crippen LogP contribution in [0.1, 0.15) is 51.9 Å². The van der Waals surface area contributed by atoms with Crippen molar-refractivity contribution in [3.63, 3.8) is 0 Å². The fraction of sp³-hybridized carbons (Fsp3) is 0.692. The van der Waals surface area contributed by atoms with E-state index in [1.165, 1.54) is 0 Å². The largest absolute Gasteiger partial charge is 0.348 e. The molecule has 1 atom stereocenters. The molecule has 17 heavy (non-hydrogen) atoms. The van der Waals surface area contributed by atoms with Crippen LogP contribution < -0.4 is 11.1 Å². The van der Waals surface area contributed by atoms with E-state index in [0.717, 1.165) is 11.4 Å². The third kappa shape index (κ3) is 3.66. The van der Waals surface area contributed by atoms with E-state index in [2.05, 4.69) is 43.0 Å². The highest BCUT2D eigenvalue weighted by molar-refractivity contribution is 5.32. The van der Waals surface area contributed by atoms with Crippen LogP contribution in [0.4, 0.5) is 5.95 Å². The lowest BCUT2D eigenvalue weighted by Crippen LogP contribution is -2.47. The number of nitrogens with one attached hydrogen (secondary N) is 1. The zero-order chi connectivity index (χ0) is 13.2. The monoisotopic (exact) mass is 236 g/mol. The van der Waals surface area contributed by atoms with E-state index < -0.39 is 0 Å². The number of nitrogens with two attached hydrogens (primary N) is 1. The van der Waals surface area contributed by atoms with Gasteiger partial charge in [-0.2, -0.15) is 0 Å². The maximum absolute atomic E-state index is 5.94. The molecule has 4 nitrogen and oxygen atoms in total. The van der Waals surface area contributed by atoms with Crippen molar-refractivity contribution in [3.8, 4) is 0 Å². The van der Waals surface area contributed by atoms with E-state index in [1.807, 2.05) is 19.9 Å². The first-order chi connectivity index (χ1) is 7.72. The highest BCUT2D eigenvalue weighted by Gasteiger charge is 2.23. The summed E-state index contributed by atoms with van der Waals surface area (Å²) in [6.07, 6.45) is 0. The molecule has 3 N–H and O–H groups in total. The third-order valence-corrected chi connectivity index (χ3v) is 3.04. The highest BCUT2D eigenvalue weighted by atomic mass is 15.2. The second kappa shape index (κ2) is 5.00. The van der Waals surface area contributed by atoms with Crippen LogP contribution >= 0.6 is 0 Å². The average Bonchev–Trinajstić information content (AvgIpc) is 2.15. The number of rotatable bonds is 4. The smallest absolute Gasteiger partial charge is 0.223 e. The quantitative estimate of drug-likeness (QED) is 0.843. The average molecular weight is 236 g/mol. The Morgan fingerprint density at radius 1 is 1.24 bits per heavy atom. The van der Waals surface area contributed by atoms with Crippen molar-refractivity contribution >= 4 is 5.95 Å². The lowest BCUT2D eigenvalue weighted by atomic mass is 9.97. The second-order valence-corrected chi connectivity index (χ2v) is 5.55. The first-order valence-corrected chi connectivity index (χ1v) is 6.11. The van der Waals surface area contributed by atoms with E-state index in [-0.39, 0.29) is 11.6 Å². The van der Waals surface area contributed by atoms with Crippen molar-refractivity contribution < 1.29 is 0 Å². The van der Waals surface area contributed by atoms with Crippen molar-refractivity contribution in [2.75, 3.05) is 5.32 Å². The van der Waals surface area contributed by atoms with E-state index in [4.69, 9.17) is 5.73 Å². The summed E-state index contributed by atoms with van der Waals surface area (Å²) in [6, 6.07) is 2.04. The van der Waals surface area contributed by atoms with Gasteiger partial charge < -0.3 is 11.1 Å². The molecule has 0 saturated carbocycles. The molecule has 1 aromatic heterocycles. The number of anilines is 1. The molecule has 0 aliphatic rings. The molecule has 1 heterocycles. The summed E-state index contributed by atoms with van der Waals surface area (Å²) in [7, 11) is 0. The number of nitrogens with zero attached hydrogens (tertiary/aromatic N) is 2. The van der Waals surface area contributed by atoms with Gasteiger partial charge in [0.05, 0.1) is 0 Å². The van der Waals surface area contributed by atoms with Crippen molar-refractivity contribution in [2.45, 2.75) is 59.0 Å². The van der Waals surface area contributed by atoms with Gasteiger partial charge in [0.25, 0.3) is 0 Å². The van der Waals surface area contributed by atoms with Crippen molar-refractivity contribution in [1.29, 1.82) is 0 Å². The number of hydrogen-bond acceptors (Lipinski definition) is 4. The molecule has 1 unspecified atom stereocenters. The number of aryl methyl sites for hydroxylation is 1. The van der Waals surface area contributed by atoms with Crippen LogP contribution in [0.15, 0.2) is 6.07 Å². The Morgan fingerprint density at radius 2 is 1.82 bits per heavy atom. The van der Waals surface area contributed by atoms with Gasteiger partial charge in [0.15, 0.2) is 0 Å². The molecule has 96 valence electrons. The molecule has 1 aromatic rings. The van der Waals surface area contributed by atoms with Gasteiger partial charge in [-0.3, -0.25) is 0 Å². The van der Waals surface area contributed by atoms with Crippen LogP contribution in [0.2, 0.25) is 0 Å². The van der Waals surface area contributed by atoms with Crippen LogP contribution in [0.3, 0.4) is 0 Å². The predicted molar refractivity (Wildman–Crippen MR) is 72.2 cm³/mol. The van der Waals surface area contributed by atoms with Gasteiger partial charge in [0.1, 0.15) is 0 Å². The molecule has 0 amide bonds. The van der Waals surface area contributed by atoms with Crippen LogP contribution in [-0.2, 0) is 0 Å². The number of hydrogen-bond donors (Lipinski definition) is 2. The highest BCUT2D eigenvalue weighted by Crippen LogP contribution is 2.18. The van der Waals surface area contributed by atoms with Crippen molar-refractivity contribution in [2.24, 2.45) is 5.73 Å². The van der Waals surface area contributed by atoms with E-state index in [1.54, 1.807) is 0 Å². The van der Waals surface area contributed by atoms with E-state index in [0.29, 0.717) is 11.9 Å². The molecule has 0 spiro atoms. The number of aromatic nitrogens is 2. The van der Waals surface area contributed by atoms with Gasteiger partial charge in [-0.15, -0.1) is 0 Å². The summed E-state index contributed by atoms with van der Waals surface area (Å²) >= 11 is 0. The molecule has 0 fully saturated rings. The Balaban J connectivity index is 2.99. The SMILES string of the molecule is Cc1cc(C(C)C)nc(NC(C)(C)C(C)N)n1. The Morgan fingerprint density at radius 3 is 2.29 bits per heavy atom. The minimum absolute atomic E-state index is 0.0223. The molecule has 1 rings (SSSR count). The lowest BCUT2D eigenvalue weighted by molar-refractivity contribution is 0.466. The minimum Gasteiger partial charge on any atom is -0.348 e. The molecule has 0 radical (unpaired) electrons. The lowest BCUT2D eigenvalue weighted by Gasteiger charge is -2.30. The van der Waals surface area contributed by atoms with Gasteiger partial charge >= 0.3 is 0 Å². The second-order valence-electron chi connectivity index (χ2n) is 5.55. The summed E-state index contributed by atoms with van der Waals surface area (Å²) in [5.74, 6) is 1.06. The molecule has 0 saturated heterocycles. The van der Waals surface area contributed by atoms with Crippen LogP contribution in [0.25, 0.3) is 0 Å². The zero-order valence-corrected chi connectivity index (χ0v) is 11.7. The maximum Gasteiger partial charge on any atom is 0.223 e. The summed E-state index contributed by atoms with van der Waals surface area (Å²) in [5.41, 5.74) is 7.75. The fourth-order valence-electron chi connectivity index (χ4n) is 1.35. The van der Waals surface area contributed by atoms with Gasteiger partial charge in [-0.25, -0.2) is 9.97 Å². The van der Waals surface area contributed by atoms with Crippen molar-refractivity contribution in [3.05, 3.63) is 17.5 Å². The normalized spacial score (nSPS) is 13.9. The van der Waals surface area contributed by atoms with E-state index >= 15 is 0 Å². The van der Waals surface area contributed by atoms with Crippen LogP contribution in [-0.4, -0.2) is 21.5 Å². The molecule has 0 aromatic carbocycles. The van der Waals surface area contributed by atoms with Crippen LogP contribution in [0.5, 0.6) is 0 Å². The third-order valence-electron chi connectivity index (χ3n) is 3.04. The van der Waals surface area contributed by atoms with E-state index in [9.17, 15) is 0 Å². The molecule has 0 aliphatic heterocycles.